The number of benzene rings is 1. The van der Waals surface area contributed by atoms with E-state index in [1.807, 2.05) is 26.0 Å². The first-order valence-electron chi connectivity index (χ1n) is 12.5. The molecule has 3 aromatic heterocycles. The summed E-state index contributed by atoms with van der Waals surface area (Å²) in [6.45, 7) is 8.15. The van der Waals surface area contributed by atoms with Crippen LogP contribution >= 0.6 is 0 Å². The minimum Gasteiger partial charge on any atom is -0.383 e. The molecule has 1 unspecified atom stereocenters. The molecule has 0 radical (unpaired) electrons. The van der Waals surface area contributed by atoms with E-state index >= 15 is 0 Å². The van der Waals surface area contributed by atoms with Crippen molar-refractivity contribution < 1.29 is 4.39 Å². The molecule has 0 fully saturated rings. The predicted octanol–water partition coefficient (Wildman–Crippen LogP) is 5.88. The fraction of sp³-hybridized carbons (Fsp3) is 0.167. The van der Waals surface area contributed by atoms with Gasteiger partial charge in [-0.05, 0) is 43.2 Å². The molecule has 0 amide bonds. The number of nitrogens with zero attached hydrogens (tertiary/aromatic N) is 5. The van der Waals surface area contributed by atoms with Gasteiger partial charge in [0, 0.05) is 40.8 Å². The Morgan fingerprint density at radius 2 is 1.90 bits per heavy atom. The van der Waals surface area contributed by atoms with Gasteiger partial charge in [-0.2, -0.15) is 5.26 Å². The molecule has 1 atom stereocenters. The molecule has 39 heavy (non-hydrogen) atoms. The van der Waals surface area contributed by atoms with Gasteiger partial charge in [-0.25, -0.2) is 14.4 Å². The van der Waals surface area contributed by atoms with Crippen molar-refractivity contribution in [2.24, 2.45) is 0 Å². The van der Waals surface area contributed by atoms with E-state index in [0.29, 0.717) is 35.1 Å². The van der Waals surface area contributed by atoms with Crippen molar-refractivity contribution in [3.63, 3.8) is 0 Å². The number of anilines is 2. The number of pyridine rings is 2. The Bertz CT molecular complexity index is 1520. The van der Waals surface area contributed by atoms with Gasteiger partial charge < -0.3 is 16.4 Å². The second kappa shape index (κ2) is 12.4. The number of halogens is 1. The Morgan fingerprint density at radius 3 is 2.56 bits per heavy atom. The van der Waals surface area contributed by atoms with Gasteiger partial charge in [-0.1, -0.05) is 37.8 Å². The quantitative estimate of drug-likeness (QED) is 0.237. The highest BCUT2D eigenvalue weighted by atomic mass is 19.1. The van der Waals surface area contributed by atoms with Crippen LogP contribution < -0.4 is 16.4 Å². The summed E-state index contributed by atoms with van der Waals surface area (Å²) in [7, 11) is 0. The number of nitriles is 1. The molecule has 0 saturated carbocycles. The molecule has 0 bridgehead atoms. The van der Waals surface area contributed by atoms with E-state index in [1.165, 1.54) is 18.3 Å². The molecule has 0 aliphatic carbocycles. The van der Waals surface area contributed by atoms with Gasteiger partial charge in [-0.15, -0.1) is 0 Å². The monoisotopic (exact) mass is 520 g/mol. The zero-order valence-electron chi connectivity index (χ0n) is 21.8. The summed E-state index contributed by atoms with van der Waals surface area (Å²) < 4.78 is 13.4. The molecule has 0 saturated heterocycles. The van der Waals surface area contributed by atoms with Gasteiger partial charge in [-0.3, -0.25) is 9.97 Å². The lowest BCUT2D eigenvalue weighted by Crippen LogP contribution is -2.19. The lowest BCUT2D eigenvalue weighted by molar-refractivity contribution is 0.623. The Hall–Kier alpha value is -5.10. The van der Waals surface area contributed by atoms with Crippen LogP contribution in [0.4, 0.5) is 16.0 Å². The molecule has 0 spiro atoms. The highest BCUT2D eigenvalue weighted by Crippen LogP contribution is 2.26. The Labute approximate surface area is 227 Å². The highest BCUT2D eigenvalue weighted by molar-refractivity contribution is 5.74. The molecule has 9 heteroatoms. The minimum atomic E-state index is -0.282. The third kappa shape index (κ3) is 6.62. The molecule has 0 aliphatic heterocycles. The third-order valence-electron chi connectivity index (χ3n) is 6.06. The summed E-state index contributed by atoms with van der Waals surface area (Å²) in [6, 6.07) is 12.1. The lowest BCUT2D eigenvalue weighted by Gasteiger charge is -2.21. The summed E-state index contributed by atoms with van der Waals surface area (Å²) in [6.07, 6.45) is 11.0. The zero-order valence-corrected chi connectivity index (χ0v) is 21.8. The van der Waals surface area contributed by atoms with E-state index in [-0.39, 0.29) is 11.9 Å². The minimum absolute atomic E-state index is 0.107. The van der Waals surface area contributed by atoms with E-state index in [9.17, 15) is 9.65 Å². The van der Waals surface area contributed by atoms with Crippen LogP contribution in [0.2, 0.25) is 0 Å². The first kappa shape index (κ1) is 26.9. The first-order chi connectivity index (χ1) is 18.9. The van der Waals surface area contributed by atoms with Gasteiger partial charge in [0.25, 0.3) is 0 Å². The maximum Gasteiger partial charge on any atom is 0.135 e. The van der Waals surface area contributed by atoms with Crippen molar-refractivity contribution in [1.29, 1.82) is 5.26 Å². The number of nitrogens with one attached hydrogen (secondary N) is 2. The SMILES string of the molecule is C=Cc1cc(-c2cnc(CNc3ncc(C#N)cc3C(=CCC)NC(C)c3ccc(F)cc3)cn2)cnc1N. The fourth-order valence-corrected chi connectivity index (χ4v) is 3.96. The third-order valence-corrected chi connectivity index (χ3v) is 6.06. The number of aromatic nitrogens is 4. The van der Waals surface area contributed by atoms with Crippen molar-refractivity contribution in [2.45, 2.75) is 32.9 Å². The smallest absolute Gasteiger partial charge is 0.135 e. The van der Waals surface area contributed by atoms with Crippen LogP contribution in [-0.4, -0.2) is 19.9 Å². The number of rotatable bonds is 10. The topological polar surface area (TPSA) is 125 Å². The molecule has 4 rings (SSSR count). The molecule has 4 aromatic rings. The molecule has 0 aliphatic rings. The molecule has 1 aromatic carbocycles. The summed E-state index contributed by atoms with van der Waals surface area (Å²) >= 11 is 0. The number of allylic oxidation sites excluding steroid dienone is 1. The van der Waals surface area contributed by atoms with Gasteiger partial charge in [0.1, 0.15) is 23.5 Å². The van der Waals surface area contributed by atoms with Gasteiger partial charge in [0.2, 0.25) is 0 Å². The van der Waals surface area contributed by atoms with Crippen molar-refractivity contribution in [2.75, 3.05) is 11.1 Å². The van der Waals surface area contributed by atoms with E-state index < -0.39 is 0 Å². The van der Waals surface area contributed by atoms with Crippen molar-refractivity contribution in [3.8, 4) is 17.3 Å². The molecule has 196 valence electrons. The summed E-state index contributed by atoms with van der Waals surface area (Å²) in [5.41, 5.74) is 11.7. The van der Waals surface area contributed by atoms with Crippen molar-refractivity contribution >= 4 is 23.4 Å². The van der Waals surface area contributed by atoms with E-state index in [4.69, 9.17) is 5.73 Å². The first-order valence-corrected chi connectivity index (χ1v) is 12.5. The normalized spacial score (nSPS) is 11.9. The van der Waals surface area contributed by atoms with Crippen molar-refractivity contribution in [1.82, 2.24) is 25.3 Å². The standard InChI is InChI=1S/C30H29FN8/c1-4-6-27(39-19(3)22-7-9-24(31)10-8-22)26-11-20(13-32)14-37-30(26)38-17-25-16-35-28(18-34-25)23-12-21(5-2)29(33)36-15-23/h5-12,14-16,18-19,39H,2,4,17H2,1,3H3,(H2,33,36)(H,37,38). The lowest BCUT2D eigenvalue weighted by atomic mass is 10.0. The van der Waals surface area contributed by atoms with Gasteiger partial charge in [0.05, 0.1) is 35.9 Å². The predicted molar refractivity (Wildman–Crippen MR) is 152 cm³/mol. The molecule has 4 N–H and O–H groups in total. The van der Waals surface area contributed by atoms with Gasteiger partial charge in [0.15, 0.2) is 0 Å². The molecular formula is C30H29FN8. The van der Waals surface area contributed by atoms with Crippen LogP contribution in [0.1, 0.15) is 54.3 Å². The zero-order chi connectivity index (χ0) is 27.8. The van der Waals surface area contributed by atoms with Crippen LogP contribution in [0.5, 0.6) is 0 Å². The number of nitrogen functional groups attached to an aromatic ring is 1. The average Bonchev–Trinajstić information content (AvgIpc) is 2.96. The maximum absolute atomic E-state index is 13.4. The van der Waals surface area contributed by atoms with E-state index in [1.54, 1.807) is 42.9 Å². The second-order valence-corrected chi connectivity index (χ2v) is 8.82. The largest absolute Gasteiger partial charge is 0.383 e. The number of hydrogen-bond donors (Lipinski definition) is 3. The Kier molecular flexibility index (Phi) is 8.59. The second-order valence-electron chi connectivity index (χ2n) is 8.82. The van der Waals surface area contributed by atoms with Crippen LogP contribution in [0, 0.1) is 17.1 Å². The summed E-state index contributed by atoms with van der Waals surface area (Å²) in [5, 5.41) is 16.3. The van der Waals surface area contributed by atoms with E-state index in [2.05, 4.69) is 43.2 Å². The van der Waals surface area contributed by atoms with Crippen LogP contribution in [0.3, 0.4) is 0 Å². The fourth-order valence-electron chi connectivity index (χ4n) is 3.96. The summed E-state index contributed by atoms with van der Waals surface area (Å²) in [4.78, 5) is 17.8. The Balaban J connectivity index is 1.55. The maximum atomic E-state index is 13.4. The van der Waals surface area contributed by atoms with Crippen LogP contribution in [-0.2, 0) is 6.54 Å². The Morgan fingerprint density at radius 1 is 1.10 bits per heavy atom. The number of hydrogen-bond acceptors (Lipinski definition) is 8. The average molecular weight is 521 g/mol. The van der Waals surface area contributed by atoms with E-state index in [0.717, 1.165) is 34.4 Å². The van der Waals surface area contributed by atoms with Crippen LogP contribution in [0.25, 0.3) is 23.0 Å². The highest BCUT2D eigenvalue weighted by Gasteiger charge is 2.15. The molecule has 3 heterocycles. The molecule has 8 nitrogen and oxygen atoms in total. The number of nitrogens with two attached hydrogens (primary N) is 1. The van der Waals surface area contributed by atoms with Crippen molar-refractivity contribution in [3.05, 3.63) is 108 Å². The van der Waals surface area contributed by atoms with Gasteiger partial charge >= 0.3 is 0 Å². The summed E-state index contributed by atoms with van der Waals surface area (Å²) in [5.74, 6) is 0.721. The molecular weight excluding hydrogens is 491 g/mol. The van der Waals surface area contributed by atoms with Crippen LogP contribution in [0.15, 0.2) is 73.8 Å².